The van der Waals surface area contributed by atoms with Gasteiger partial charge in [-0.2, -0.15) is 0 Å². The third kappa shape index (κ3) is 4.06. The third-order valence-electron chi connectivity index (χ3n) is 4.18. The number of hydrogen-bond acceptors (Lipinski definition) is 2. The van der Waals surface area contributed by atoms with Crippen LogP contribution in [0.4, 0.5) is 0 Å². The molecule has 0 bridgehead atoms. The van der Waals surface area contributed by atoms with E-state index in [-0.39, 0.29) is 0 Å². The second-order valence-electron chi connectivity index (χ2n) is 6.00. The zero-order chi connectivity index (χ0) is 12.0. The average molecular weight is 226 g/mol. The van der Waals surface area contributed by atoms with Gasteiger partial charge < -0.3 is 10.2 Å². The molecule has 1 atom stereocenters. The van der Waals surface area contributed by atoms with E-state index in [0.29, 0.717) is 5.41 Å². The van der Waals surface area contributed by atoms with Crippen LogP contribution in [0, 0.1) is 11.3 Å². The van der Waals surface area contributed by atoms with Gasteiger partial charge in [0.25, 0.3) is 0 Å². The number of unbranched alkanes of at least 4 members (excludes halogenated alkanes) is 2. The molecule has 0 saturated carbocycles. The lowest BCUT2D eigenvalue weighted by molar-refractivity contribution is 0.0601. The van der Waals surface area contributed by atoms with Gasteiger partial charge in [-0.1, -0.05) is 33.6 Å². The fourth-order valence-electron chi connectivity index (χ4n) is 2.68. The fourth-order valence-corrected chi connectivity index (χ4v) is 2.68. The van der Waals surface area contributed by atoms with Crippen molar-refractivity contribution >= 4 is 0 Å². The van der Waals surface area contributed by atoms with Crippen LogP contribution >= 0.6 is 0 Å². The molecule has 1 heterocycles. The van der Waals surface area contributed by atoms with Crippen LogP contribution in [-0.2, 0) is 0 Å². The van der Waals surface area contributed by atoms with Gasteiger partial charge in [-0.25, -0.2) is 0 Å². The molecule has 1 N–H and O–H groups in total. The van der Waals surface area contributed by atoms with Crippen LogP contribution < -0.4 is 5.32 Å². The van der Waals surface area contributed by atoms with Gasteiger partial charge >= 0.3 is 0 Å². The Labute approximate surface area is 102 Å². The molecule has 96 valence electrons. The number of rotatable bonds is 6. The Morgan fingerprint density at radius 1 is 1.31 bits per heavy atom. The normalized spacial score (nSPS) is 25.9. The number of hydrogen-bond donors (Lipinski definition) is 1. The van der Waals surface area contributed by atoms with Crippen LogP contribution in [0.1, 0.15) is 46.5 Å². The van der Waals surface area contributed by atoms with Crippen molar-refractivity contribution in [2.24, 2.45) is 11.3 Å². The monoisotopic (exact) mass is 226 g/mol. The first-order valence-electron chi connectivity index (χ1n) is 6.97. The van der Waals surface area contributed by atoms with E-state index in [9.17, 15) is 0 Å². The van der Waals surface area contributed by atoms with Crippen molar-refractivity contribution in [2.75, 3.05) is 33.2 Å². The van der Waals surface area contributed by atoms with Gasteiger partial charge in [0.2, 0.25) is 0 Å². The standard InChI is InChI=1S/C14H30N2/c1-5-6-7-9-16-10-8-14(2,3)13(12-16)11-15-4/h13,15H,5-12H2,1-4H3. The molecule has 2 heteroatoms. The topological polar surface area (TPSA) is 15.3 Å². The summed E-state index contributed by atoms with van der Waals surface area (Å²) in [6.45, 7) is 12.2. The first-order chi connectivity index (χ1) is 7.60. The summed E-state index contributed by atoms with van der Waals surface area (Å²) in [5, 5.41) is 3.35. The summed E-state index contributed by atoms with van der Waals surface area (Å²) in [7, 11) is 2.08. The molecule has 1 aliphatic rings. The Balaban J connectivity index is 2.36. The van der Waals surface area contributed by atoms with Crippen molar-refractivity contribution < 1.29 is 0 Å². The average Bonchev–Trinajstić information content (AvgIpc) is 2.23. The zero-order valence-electron chi connectivity index (χ0n) is 11.7. The second kappa shape index (κ2) is 6.61. The van der Waals surface area contributed by atoms with E-state index in [1.807, 2.05) is 0 Å². The van der Waals surface area contributed by atoms with E-state index in [4.69, 9.17) is 0 Å². The predicted molar refractivity (Wildman–Crippen MR) is 71.8 cm³/mol. The Bertz CT molecular complexity index is 189. The molecule has 1 rings (SSSR count). The van der Waals surface area contributed by atoms with Crippen LogP contribution in [0.25, 0.3) is 0 Å². The summed E-state index contributed by atoms with van der Waals surface area (Å²) in [5.74, 6) is 0.813. The van der Waals surface area contributed by atoms with Gasteiger partial charge in [0.1, 0.15) is 0 Å². The molecule has 16 heavy (non-hydrogen) atoms. The van der Waals surface area contributed by atoms with Gasteiger partial charge in [-0.05, 0) is 50.9 Å². The predicted octanol–water partition coefficient (Wildman–Crippen LogP) is 2.74. The SMILES string of the molecule is CCCCCN1CCC(C)(C)C(CNC)C1. The van der Waals surface area contributed by atoms with Gasteiger partial charge in [0.05, 0.1) is 0 Å². The Kier molecular flexibility index (Phi) is 5.77. The summed E-state index contributed by atoms with van der Waals surface area (Å²) in [4.78, 5) is 2.67. The highest BCUT2D eigenvalue weighted by Crippen LogP contribution is 2.35. The maximum Gasteiger partial charge on any atom is 0.00269 e. The largest absolute Gasteiger partial charge is 0.319 e. The van der Waals surface area contributed by atoms with E-state index < -0.39 is 0 Å². The van der Waals surface area contributed by atoms with E-state index in [1.54, 1.807) is 0 Å². The van der Waals surface area contributed by atoms with Crippen molar-refractivity contribution in [3.05, 3.63) is 0 Å². The summed E-state index contributed by atoms with van der Waals surface area (Å²) in [6.07, 6.45) is 5.45. The number of nitrogens with one attached hydrogen (secondary N) is 1. The maximum absolute atomic E-state index is 3.35. The van der Waals surface area contributed by atoms with Crippen molar-refractivity contribution in [2.45, 2.75) is 46.5 Å². The molecule has 1 fully saturated rings. The minimum absolute atomic E-state index is 0.518. The minimum atomic E-state index is 0.518. The van der Waals surface area contributed by atoms with Crippen LogP contribution in [-0.4, -0.2) is 38.1 Å². The molecule has 0 amide bonds. The highest BCUT2D eigenvalue weighted by atomic mass is 15.1. The highest BCUT2D eigenvalue weighted by Gasteiger charge is 2.34. The van der Waals surface area contributed by atoms with Crippen molar-refractivity contribution in [1.29, 1.82) is 0 Å². The zero-order valence-corrected chi connectivity index (χ0v) is 11.7. The molecular formula is C14H30N2. The second-order valence-corrected chi connectivity index (χ2v) is 6.00. The molecule has 0 spiro atoms. The molecule has 1 saturated heterocycles. The van der Waals surface area contributed by atoms with Crippen LogP contribution in [0.15, 0.2) is 0 Å². The van der Waals surface area contributed by atoms with Gasteiger partial charge in [-0.3, -0.25) is 0 Å². The molecule has 0 aromatic carbocycles. The fraction of sp³-hybridized carbons (Fsp3) is 1.00. The van der Waals surface area contributed by atoms with E-state index in [2.05, 4.69) is 38.0 Å². The van der Waals surface area contributed by atoms with Crippen LogP contribution in [0.5, 0.6) is 0 Å². The first-order valence-corrected chi connectivity index (χ1v) is 6.97. The number of nitrogens with zero attached hydrogens (tertiary/aromatic N) is 1. The minimum Gasteiger partial charge on any atom is -0.319 e. The van der Waals surface area contributed by atoms with Crippen molar-refractivity contribution in [1.82, 2.24) is 10.2 Å². The van der Waals surface area contributed by atoms with Gasteiger partial charge in [0.15, 0.2) is 0 Å². The summed E-state index contributed by atoms with van der Waals surface area (Å²) in [6, 6.07) is 0. The van der Waals surface area contributed by atoms with Gasteiger partial charge in [0, 0.05) is 6.54 Å². The van der Waals surface area contributed by atoms with Crippen molar-refractivity contribution in [3.63, 3.8) is 0 Å². The molecule has 2 nitrogen and oxygen atoms in total. The Morgan fingerprint density at radius 2 is 2.06 bits per heavy atom. The van der Waals surface area contributed by atoms with E-state index >= 15 is 0 Å². The molecule has 1 aliphatic heterocycles. The van der Waals surface area contributed by atoms with Gasteiger partial charge in [-0.15, -0.1) is 0 Å². The number of piperidine rings is 1. The maximum atomic E-state index is 3.35. The van der Waals surface area contributed by atoms with Crippen molar-refractivity contribution in [3.8, 4) is 0 Å². The number of likely N-dealkylation sites (tertiary alicyclic amines) is 1. The lowest BCUT2D eigenvalue weighted by Crippen LogP contribution is -2.48. The molecular weight excluding hydrogens is 196 g/mol. The summed E-state index contributed by atoms with van der Waals surface area (Å²) < 4.78 is 0. The first kappa shape index (κ1) is 14.0. The lowest BCUT2D eigenvalue weighted by atomic mass is 9.73. The quantitative estimate of drug-likeness (QED) is 0.701. The summed E-state index contributed by atoms with van der Waals surface area (Å²) in [5.41, 5.74) is 0.518. The Hall–Kier alpha value is -0.0800. The lowest BCUT2D eigenvalue weighted by Gasteiger charge is -2.44. The smallest absolute Gasteiger partial charge is 0.00269 e. The van der Waals surface area contributed by atoms with E-state index in [0.717, 1.165) is 12.5 Å². The summed E-state index contributed by atoms with van der Waals surface area (Å²) >= 11 is 0. The highest BCUT2D eigenvalue weighted by molar-refractivity contribution is 4.87. The molecule has 0 aliphatic carbocycles. The van der Waals surface area contributed by atoms with E-state index in [1.165, 1.54) is 45.3 Å². The van der Waals surface area contributed by atoms with Crippen LogP contribution in [0.3, 0.4) is 0 Å². The Morgan fingerprint density at radius 3 is 2.69 bits per heavy atom. The molecule has 0 radical (unpaired) electrons. The molecule has 1 unspecified atom stereocenters. The van der Waals surface area contributed by atoms with Crippen LogP contribution in [0.2, 0.25) is 0 Å². The molecule has 0 aromatic heterocycles. The third-order valence-corrected chi connectivity index (χ3v) is 4.18. The molecule has 0 aromatic rings.